The lowest BCUT2D eigenvalue weighted by Gasteiger charge is -2.35. The van der Waals surface area contributed by atoms with E-state index in [9.17, 15) is 9.59 Å². The van der Waals surface area contributed by atoms with Crippen LogP contribution < -0.4 is 0 Å². The molecule has 1 amide bonds. The maximum absolute atomic E-state index is 11.9. The highest BCUT2D eigenvalue weighted by Gasteiger charge is 2.31. The second kappa shape index (κ2) is 6.00. The van der Waals surface area contributed by atoms with E-state index in [1.807, 2.05) is 6.92 Å². The molecular weight excluding hydrogens is 220 g/mol. The molecule has 5 heteroatoms. The van der Waals surface area contributed by atoms with E-state index in [2.05, 4.69) is 4.90 Å². The number of carbonyl (C=O) groups excluding carboxylic acids is 2. The molecule has 1 saturated heterocycles. The zero-order chi connectivity index (χ0) is 13.0. The van der Waals surface area contributed by atoms with Crippen molar-refractivity contribution in [2.75, 3.05) is 34.3 Å². The molecule has 2 unspecified atom stereocenters. The largest absolute Gasteiger partial charge is 0.469 e. The van der Waals surface area contributed by atoms with Crippen LogP contribution in [0.1, 0.15) is 19.8 Å². The molecule has 17 heavy (non-hydrogen) atoms. The molecule has 0 aromatic heterocycles. The first kappa shape index (κ1) is 14.0. The predicted molar refractivity (Wildman–Crippen MR) is 64.5 cm³/mol. The van der Waals surface area contributed by atoms with Gasteiger partial charge in [-0.05, 0) is 26.3 Å². The monoisotopic (exact) mass is 242 g/mol. The number of amides is 1. The molecule has 0 N–H and O–H groups in total. The van der Waals surface area contributed by atoms with Crippen LogP contribution in [-0.4, -0.2) is 62.0 Å². The number of likely N-dealkylation sites (tertiary alicyclic amines) is 1. The van der Waals surface area contributed by atoms with Gasteiger partial charge < -0.3 is 9.64 Å². The lowest BCUT2D eigenvalue weighted by molar-refractivity contribution is -0.149. The summed E-state index contributed by atoms with van der Waals surface area (Å²) in [6.45, 7) is 3.38. The second-order valence-corrected chi connectivity index (χ2v) is 4.77. The van der Waals surface area contributed by atoms with E-state index in [-0.39, 0.29) is 23.8 Å². The number of methoxy groups -OCH3 is 1. The summed E-state index contributed by atoms with van der Waals surface area (Å²) >= 11 is 0. The van der Waals surface area contributed by atoms with Gasteiger partial charge in [-0.1, -0.05) is 0 Å². The van der Waals surface area contributed by atoms with Gasteiger partial charge in [-0.3, -0.25) is 14.5 Å². The molecule has 1 heterocycles. The Balaban J connectivity index is 2.60. The third-order valence-electron chi connectivity index (χ3n) is 3.33. The van der Waals surface area contributed by atoms with E-state index in [4.69, 9.17) is 4.74 Å². The summed E-state index contributed by atoms with van der Waals surface area (Å²) in [5, 5.41) is 0. The summed E-state index contributed by atoms with van der Waals surface area (Å²) < 4.78 is 4.76. The molecule has 0 saturated carbocycles. The van der Waals surface area contributed by atoms with Crippen LogP contribution in [0.3, 0.4) is 0 Å². The van der Waals surface area contributed by atoms with E-state index < -0.39 is 0 Å². The van der Waals surface area contributed by atoms with Crippen molar-refractivity contribution in [1.82, 2.24) is 9.80 Å². The van der Waals surface area contributed by atoms with Gasteiger partial charge in [0.25, 0.3) is 0 Å². The molecule has 98 valence electrons. The SMILES string of the molecule is COC(=O)C1CCCN(C(C)C(=O)N(C)C)C1. The highest BCUT2D eigenvalue weighted by atomic mass is 16.5. The summed E-state index contributed by atoms with van der Waals surface area (Å²) in [7, 11) is 4.91. The van der Waals surface area contributed by atoms with Gasteiger partial charge >= 0.3 is 5.97 Å². The number of hydrogen-bond donors (Lipinski definition) is 0. The van der Waals surface area contributed by atoms with Crippen LogP contribution in [0.5, 0.6) is 0 Å². The van der Waals surface area contributed by atoms with E-state index in [0.29, 0.717) is 6.54 Å². The summed E-state index contributed by atoms with van der Waals surface area (Å²) in [5.74, 6) is -0.180. The minimum atomic E-state index is -0.169. The molecule has 0 radical (unpaired) electrons. The Bertz CT molecular complexity index is 291. The number of nitrogens with zero attached hydrogens (tertiary/aromatic N) is 2. The summed E-state index contributed by atoms with van der Waals surface area (Å²) in [6.07, 6.45) is 1.79. The summed E-state index contributed by atoms with van der Waals surface area (Å²) in [5.41, 5.74) is 0. The molecule has 0 aromatic rings. The maximum Gasteiger partial charge on any atom is 0.309 e. The normalized spacial score (nSPS) is 22.9. The lowest BCUT2D eigenvalue weighted by Crippen LogP contribution is -2.49. The quantitative estimate of drug-likeness (QED) is 0.670. The van der Waals surface area contributed by atoms with E-state index in [0.717, 1.165) is 19.4 Å². The third kappa shape index (κ3) is 3.43. The fraction of sp³-hybridized carbons (Fsp3) is 0.833. The van der Waals surface area contributed by atoms with Crippen LogP contribution >= 0.6 is 0 Å². The Kier molecular flexibility index (Phi) is 4.93. The zero-order valence-corrected chi connectivity index (χ0v) is 11.1. The fourth-order valence-electron chi connectivity index (χ4n) is 2.25. The maximum atomic E-state index is 11.9. The van der Waals surface area contributed by atoms with Crippen LogP contribution in [-0.2, 0) is 14.3 Å². The van der Waals surface area contributed by atoms with Gasteiger partial charge in [0.2, 0.25) is 5.91 Å². The predicted octanol–water partition coefficient (Wildman–Crippen LogP) is 0.348. The van der Waals surface area contributed by atoms with Gasteiger partial charge in [0, 0.05) is 20.6 Å². The van der Waals surface area contributed by atoms with Crippen LogP contribution in [0.4, 0.5) is 0 Å². The Morgan fingerprint density at radius 2 is 2.06 bits per heavy atom. The summed E-state index contributed by atoms with van der Waals surface area (Å²) in [6, 6.07) is -0.169. The van der Waals surface area contributed by atoms with Crippen molar-refractivity contribution in [2.45, 2.75) is 25.8 Å². The van der Waals surface area contributed by atoms with Gasteiger partial charge in [-0.2, -0.15) is 0 Å². The average molecular weight is 242 g/mol. The Morgan fingerprint density at radius 1 is 1.41 bits per heavy atom. The molecule has 1 aliphatic rings. The molecule has 2 atom stereocenters. The minimum Gasteiger partial charge on any atom is -0.469 e. The molecule has 5 nitrogen and oxygen atoms in total. The van der Waals surface area contributed by atoms with Crippen LogP contribution in [0.25, 0.3) is 0 Å². The van der Waals surface area contributed by atoms with Crippen LogP contribution in [0, 0.1) is 5.92 Å². The van der Waals surface area contributed by atoms with Crippen molar-refractivity contribution < 1.29 is 14.3 Å². The van der Waals surface area contributed by atoms with E-state index in [1.165, 1.54) is 7.11 Å². The molecule has 0 spiro atoms. The lowest BCUT2D eigenvalue weighted by atomic mass is 9.97. The van der Waals surface area contributed by atoms with Gasteiger partial charge in [0.15, 0.2) is 0 Å². The molecule has 0 bridgehead atoms. The van der Waals surface area contributed by atoms with E-state index >= 15 is 0 Å². The number of carbonyl (C=O) groups is 2. The highest BCUT2D eigenvalue weighted by molar-refractivity contribution is 5.81. The van der Waals surface area contributed by atoms with Crippen molar-refractivity contribution in [1.29, 1.82) is 0 Å². The molecule has 0 aromatic carbocycles. The Morgan fingerprint density at radius 3 is 2.59 bits per heavy atom. The van der Waals surface area contributed by atoms with Crippen molar-refractivity contribution in [3.63, 3.8) is 0 Å². The second-order valence-electron chi connectivity index (χ2n) is 4.77. The highest BCUT2D eigenvalue weighted by Crippen LogP contribution is 2.20. The van der Waals surface area contributed by atoms with Gasteiger partial charge in [0.05, 0.1) is 19.1 Å². The molecule has 1 fully saturated rings. The van der Waals surface area contributed by atoms with Crippen LogP contribution in [0.2, 0.25) is 0 Å². The van der Waals surface area contributed by atoms with Crippen molar-refractivity contribution >= 4 is 11.9 Å². The molecule has 1 aliphatic heterocycles. The van der Waals surface area contributed by atoms with Crippen molar-refractivity contribution in [3.8, 4) is 0 Å². The standard InChI is InChI=1S/C12H22N2O3/c1-9(11(15)13(2)3)14-7-5-6-10(8-14)12(16)17-4/h9-10H,5-8H2,1-4H3. The number of ether oxygens (including phenoxy) is 1. The summed E-state index contributed by atoms with van der Waals surface area (Å²) in [4.78, 5) is 27.0. The van der Waals surface area contributed by atoms with Gasteiger partial charge in [-0.15, -0.1) is 0 Å². The van der Waals surface area contributed by atoms with Crippen molar-refractivity contribution in [3.05, 3.63) is 0 Å². The number of likely N-dealkylation sites (N-methyl/N-ethyl adjacent to an activating group) is 1. The van der Waals surface area contributed by atoms with Crippen LogP contribution in [0.15, 0.2) is 0 Å². The third-order valence-corrected chi connectivity index (χ3v) is 3.33. The van der Waals surface area contributed by atoms with Crippen molar-refractivity contribution in [2.24, 2.45) is 5.92 Å². The zero-order valence-electron chi connectivity index (χ0n) is 11.1. The fourth-order valence-corrected chi connectivity index (χ4v) is 2.25. The Labute approximate surface area is 103 Å². The first-order valence-electron chi connectivity index (χ1n) is 6.00. The topological polar surface area (TPSA) is 49.9 Å². The van der Waals surface area contributed by atoms with Gasteiger partial charge in [-0.25, -0.2) is 0 Å². The number of piperidine rings is 1. The van der Waals surface area contributed by atoms with E-state index in [1.54, 1.807) is 19.0 Å². The first-order chi connectivity index (χ1) is 7.97. The molecule has 0 aliphatic carbocycles. The molecular formula is C12H22N2O3. The average Bonchev–Trinajstić information content (AvgIpc) is 2.36. The number of hydrogen-bond acceptors (Lipinski definition) is 4. The minimum absolute atomic E-state index is 0.0792. The Hall–Kier alpha value is -1.10. The number of rotatable bonds is 3. The van der Waals surface area contributed by atoms with Gasteiger partial charge in [0.1, 0.15) is 0 Å². The number of esters is 1. The first-order valence-corrected chi connectivity index (χ1v) is 6.00. The smallest absolute Gasteiger partial charge is 0.309 e. The molecule has 1 rings (SSSR count).